The average molecular weight is 342 g/mol. The second-order valence-corrected chi connectivity index (χ2v) is 5.60. The fraction of sp³-hybridized carbons (Fsp3) is 0.263. The molecule has 2 aromatic rings. The molecule has 0 saturated carbocycles. The fourth-order valence-corrected chi connectivity index (χ4v) is 2.32. The predicted octanol–water partition coefficient (Wildman–Crippen LogP) is 0.908. The lowest BCUT2D eigenvalue weighted by Gasteiger charge is -2.14. The van der Waals surface area contributed by atoms with Crippen LogP contribution in [0.4, 0.5) is 0 Å². The van der Waals surface area contributed by atoms with Gasteiger partial charge < -0.3 is 20.9 Å². The number of benzene rings is 2. The molecular weight excluding hydrogens is 320 g/mol. The third kappa shape index (κ3) is 6.02. The number of ether oxygens (including phenoxy) is 1. The normalized spacial score (nSPS) is 11.6. The number of rotatable bonds is 8. The summed E-state index contributed by atoms with van der Waals surface area (Å²) in [5, 5.41) is 11.8. The Kier molecular flexibility index (Phi) is 7.13. The van der Waals surface area contributed by atoms with Crippen LogP contribution in [0.2, 0.25) is 0 Å². The van der Waals surface area contributed by atoms with Gasteiger partial charge in [-0.1, -0.05) is 54.6 Å². The highest BCUT2D eigenvalue weighted by Crippen LogP contribution is 2.10. The number of nitrogens with one attached hydrogen (secondary N) is 1. The van der Waals surface area contributed by atoms with E-state index in [1.807, 2.05) is 48.5 Å². The quantitative estimate of drug-likeness (QED) is 0.619. The number of hydrogen-bond acceptors (Lipinski definition) is 5. The Morgan fingerprint density at radius 3 is 2.36 bits per heavy atom. The van der Waals surface area contributed by atoms with Gasteiger partial charge in [0.2, 0.25) is 5.91 Å². The van der Waals surface area contributed by atoms with Crippen molar-refractivity contribution in [3.63, 3.8) is 0 Å². The summed E-state index contributed by atoms with van der Waals surface area (Å²) in [5.41, 5.74) is 8.29. The molecule has 0 heterocycles. The van der Waals surface area contributed by atoms with Crippen molar-refractivity contribution in [3.05, 3.63) is 71.3 Å². The Morgan fingerprint density at radius 1 is 1.04 bits per heavy atom. The lowest BCUT2D eigenvalue weighted by Crippen LogP contribution is -2.44. The van der Waals surface area contributed by atoms with Crippen LogP contribution in [-0.2, 0) is 34.0 Å². The highest BCUT2D eigenvalue weighted by molar-refractivity contribution is 5.85. The van der Waals surface area contributed by atoms with Crippen molar-refractivity contribution in [2.45, 2.75) is 25.7 Å². The van der Waals surface area contributed by atoms with Gasteiger partial charge in [-0.3, -0.25) is 9.59 Å². The zero-order valence-corrected chi connectivity index (χ0v) is 13.9. The molecule has 0 aliphatic heterocycles. The van der Waals surface area contributed by atoms with E-state index in [0.29, 0.717) is 0 Å². The summed E-state index contributed by atoms with van der Waals surface area (Å²) in [7, 11) is 0. The number of aliphatic hydroxyl groups is 1. The lowest BCUT2D eigenvalue weighted by molar-refractivity contribution is -0.145. The maximum Gasteiger partial charge on any atom is 0.325 e. The van der Waals surface area contributed by atoms with Gasteiger partial charge in [-0.15, -0.1) is 0 Å². The first-order valence-electron chi connectivity index (χ1n) is 8.00. The Hall–Kier alpha value is -2.70. The van der Waals surface area contributed by atoms with Crippen LogP contribution in [-0.4, -0.2) is 29.6 Å². The zero-order valence-electron chi connectivity index (χ0n) is 13.9. The Bertz CT molecular complexity index is 704. The number of carbonyl (C=O) groups excluding carboxylic acids is 2. The molecule has 0 aliphatic carbocycles. The maximum absolute atomic E-state index is 12.0. The summed E-state index contributed by atoms with van der Waals surface area (Å²) in [4.78, 5) is 23.7. The molecule has 2 aromatic carbocycles. The van der Waals surface area contributed by atoms with Gasteiger partial charge in [0.1, 0.15) is 13.2 Å². The molecule has 1 atom stereocenters. The molecule has 2 rings (SSSR count). The third-order valence-electron chi connectivity index (χ3n) is 3.71. The van der Waals surface area contributed by atoms with Gasteiger partial charge in [-0.25, -0.2) is 0 Å². The van der Waals surface area contributed by atoms with Crippen molar-refractivity contribution in [1.29, 1.82) is 0 Å². The van der Waals surface area contributed by atoms with Crippen molar-refractivity contribution in [2.24, 2.45) is 5.73 Å². The van der Waals surface area contributed by atoms with E-state index >= 15 is 0 Å². The van der Waals surface area contributed by atoms with E-state index in [1.165, 1.54) is 0 Å². The minimum absolute atomic E-state index is 0.115. The molecule has 0 spiro atoms. The molecule has 0 bridgehead atoms. The molecule has 132 valence electrons. The third-order valence-corrected chi connectivity index (χ3v) is 3.71. The van der Waals surface area contributed by atoms with E-state index in [1.54, 1.807) is 6.07 Å². The van der Waals surface area contributed by atoms with Gasteiger partial charge in [0.25, 0.3) is 0 Å². The highest BCUT2D eigenvalue weighted by atomic mass is 16.5. The van der Waals surface area contributed by atoms with Gasteiger partial charge in [-0.2, -0.15) is 0 Å². The second kappa shape index (κ2) is 9.56. The maximum atomic E-state index is 12.0. The Labute approximate surface area is 146 Å². The van der Waals surface area contributed by atoms with E-state index in [4.69, 9.17) is 10.5 Å². The molecule has 1 amide bonds. The molecule has 0 aromatic heterocycles. The molecule has 0 fully saturated rings. The monoisotopic (exact) mass is 342 g/mol. The van der Waals surface area contributed by atoms with Crippen molar-refractivity contribution in [2.75, 3.05) is 6.54 Å². The summed E-state index contributed by atoms with van der Waals surface area (Å²) in [6.07, 6.45) is 0.279. The van der Waals surface area contributed by atoms with Crippen molar-refractivity contribution < 1.29 is 19.4 Å². The summed E-state index contributed by atoms with van der Waals surface area (Å²) >= 11 is 0. The van der Waals surface area contributed by atoms with Gasteiger partial charge in [0.15, 0.2) is 0 Å². The second-order valence-electron chi connectivity index (χ2n) is 5.60. The number of hydrogen-bond donors (Lipinski definition) is 3. The van der Waals surface area contributed by atoms with Crippen LogP contribution in [0.3, 0.4) is 0 Å². The zero-order chi connectivity index (χ0) is 18.1. The first-order valence-corrected chi connectivity index (χ1v) is 8.00. The van der Waals surface area contributed by atoms with Crippen LogP contribution in [0.5, 0.6) is 0 Å². The van der Waals surface area contributed by atoms with Gasteiger partial charge in [-0.05, 0) is 23.1 Å². The summed E-state index contributed by atoms with van der Waals surface area (Å²) in [6.45, 7) is -0.192. The number of aliphatic hydroxyl groups excluding tert-OH is 1. The Morgan fingerprint density at radius 2 is 1.68 bits per heavy atom. The van der Waals surface area contributed by atoms with E-state index in [9.17, 15) is 14.7 Å². The van der Waals surface area contributed by atoms with Crippen molar-refractivity contribution in [1.82, 2.24) is 5.32 Å². The van der Waals surface area contributed by atoms with Crippen LogP contribution in [0.15, 0.2) is 54.6 Å². The molecule has 0 aliphatic rings. The first-order chi connectivity index (χ1) is 12.1. The Balaban J connectivity index is 1.76. The van der Waals surface area contributed by atoms with E-state index in [-0.39, 0.29) is 26.2 Å². The summed E-state index contributed by atoms with van der Waals surface area (Å²) < 4.78 is 5.09. The van der Waals surface area contributed by atoms with Crippen LogP contribution >= 0.6 is 0 Å². The lowest BCUT2D eigenvalue weighted by atomic mass is 10.0. The molecule has 0 unspecified atom stereocenters. The fourth-order valence-electron chi connectivity index (χ4n) is 2.32. The number of carbonyl (C=O) groups is 2. The van der Waals surface area contributed by atoms with E-state index < -0.39 is 17.9 Å². The van der Waals surface area contributed by atoms with Crippen LogP contribution in [0.25, 0.3) is 0 Å². The molecule has 6 nitrogen and oxygen atoms in total. The molecule has 6 heteroatoms. The minimum atomic E-state index is -0.811. The smallest absolute Gasteiger partial charge is 0.325 e. The number of nitrogens with two attached hydrogens (primary N) is 1. The van der Waals surface area contributed by atoms with Crippen molar-refractivity contribution >= 4 is 11.9 Å². The number of esters is 1. The van der Waals surface area contributed by atoms with Crippen LogP contribution < -0.4 is 11.1 Å². The van der Waals surface area contributed by atoms with Crippen molar-refractivity contribution in [3.8, 4) is 0 Å². The average Bonchev–Trinajstić information content (AvgIpc) is 2.65. The van der Waals surface area contributed by atoms with Crippen LogP contribution in [0.1, 0.15) is 16.7 Å². The molecular formula is C19H22N2O4. The van der Waals surface area contributed by atoms with E-state index in [2.05, 4.69) is 5.32 Å². The molecule has 0 saturated heterocycles. The van der Waals surface area contributed by atoms with Gasteiger partial charge >= 0.3 is 5.97 Å². The highest BCUT2D eigenvalue weighted by Gasteiger charge is 2.16. The summed E-state index contributed by atoms with van der Waals surface area (Å²) in [6, 6.07) is 15.7. The standard InChI is InChI=1S/C19H22N2O4/c20-17(10-15-8-4-5-9-16(15)12-22)19(24)21-11-18(23)25-13-14-6-2-1-3-7-14/h1-9,17,22H,10-13,20H2,(H,21,24)/t17-/m0/s1. The van der Waals surface area contributed by atoms with Gasteiger partial charge in [0.05, 0.1) is 12.6 Å². The first kappa shape index (κ1) is 18.6. The SMILES string of the molecule is N[C@@H](Cc1ccccc1CO)C(=O)NCC(=O)OCc1ccccc1. The molecule has 4 N–H and O–H groups in total. The van der Waals surface area contributed by atoms with Gasteiger partial charge in [0, 0.05) is 0 Å². The minimum Gasteiger partial charge on any atom is -0.460 e. The summed E-state index contributed by atoms with van der Waals surface area (Å²) in [5.74, 6) is -0.968. The number of amides is 1. The topological polar surface area (TPSA) is 102 Å². The molecule has 25 heavy (non-hydrogen) atoms. The largest absolute Gasteiger partial charge is 0.460 e. The predicted molar refractivity (Wildman–Crippen MR) is 93.3 cm³/mol. The molecule has 0 radical (unpaired) electrons. The van der Waals surface area contributed by atoms with Crippen LogP contribution in [0, 0.1) is 0 Å². The van der Waals surface area contributed by atoms with E-state index in [0.717, 1.165) is 16.7 Å².